The lowest BCUT2D eigenvalue weighted by molar-refractivity contribution is -0.128. The fourth-order valence-electron chi connectivity index (χ4n) is 0.865. The highest BCUT2D eigenvalue weighted by molar-refractivity contribution is 5.90. The number of benzene rings is 1. The number of aliphatic hydroxyl groups is 1. The van der Waals surface area contributed by atoms with E-state index in [0.29, 0.717) is 12.2 Å². The van der Waals surface area contributed by atoms with Crippen molar-refractivity contribution < 1.29 is 14.6 Å². The molecule has 1 N–H and O–H groups in total. The maximum atomic E-state index is 11.1. The maximum Gasteiger partial charge on any atom is 0.389 e. The monoisotopic (exact) mass is 204 g/mol. The standard InChI is InChI=1S/C12H12O3/c1-2-10(13)8-9-12(14)15-11-6-4-3-5-7-11/h3-7,10,13H,2H2,1H3. The van der Waals surface area contributed by atoms with Crippen LogP contribution in [0.4, 0.5) is 0 Å². The quantitative estimate of drug-likeness (QED) is 0.342. The molecule has 0 aliphatic rings. The summed E-state index contributed by atoms with van der Waals surface area (Å²) in [7, 11) is 0. The van der Waals surface area contributed by atoms with Crippen molar-refractivity contribution in [2.45, 2.75) is 19.4 Å². The van der Waals surface area contributed by atoms with Gasteiger partial charge >= 0.3 is 5.97 Å². The van der Waals surface area contributed by atoms with E-state index in [1.54, 1.807) is 31.2 Å². The van der Waals surface area contributed by atoms with Crippen LogP contribution in [0.1, 0.15) is 13.3 Å². The van der Waals surface area contributed by atoms with E-state index in [9.17, 15) is 4.79 Å². The number of aliphatic hydroxyl groups excluding tert-OH is 1. The van der Waals surface area contributed by atoms with Gasteiger partial charge in [-0.15, -0.1) is 0 Å². The first-order valence-corrected chi connectivity index (χ1v) is 4.69. The molecule has 1 aromatic carbocycles. The van der Waals surface area contributed by atoms with Crippen LogP contribution in [-0.4, -0.2) is 17.2 Å². The van der Waals surface area contributed by atoms with E-state index in [1.807, 2.05) is 6.07 Å². The zero-order chi connectivity index (χ0) is 11.1. The SMILES string of the molecule is CCC(O)C#CC(=O)Oc1ccccc1. The first kappa shape index (κ1) is 11.3. The van der Waals surface area contributed by atoms with Crippen LogP contribution in [0.2, 0.25) is 0 Å². The first-order chi connectivity index (χ1) is 7.22. The molecule has 0 bridgehead atoms. The lowest BCUT2D eigenvalue weighted by atomic mass is 10.3. The molecule has 1 atom stereocenters. The average molecular weight is 204 g/mol. The minimum atomic E-state index is -0.770. The van der Waals surface area contributed by atoms with E-state index in [1.165, 1.54) is 0 Å². The number of carbonyl (C=O) groups excluding carboxylic acids is 1. The van der Waals surface area contributed by atoms with E-state index >= 15 is 0 Å². The molecule has 0 aliphatic carbocycles. The zero-order valence-electron chi connectivity index (χ0n) is 8.43. The number of hydrogen-bond acceptors (Lipinski definition) is 3. The molecule has 15 heavy (non-hydrogen) atoms. The molecule has 1 unspecified atom stereocenters. The Morgan fingerprint density at radius 2 is 2.13 bits per heavy atom. The summed E-state index contributed by atoms with van der Waals surface area (Å²) < 4.78 is 4.89. The summed E-state index contributed by atoms with van der Waals surface area (Å²) in [6, 6.07) is 8.67. The lowest BCUT2D eigenvalue weighted by Gasteiger charge is -1.98. The molecule has 0 radical (unpaired) electrons. The minimum absolute atomic E-state index is 0.447. The lowest BCUT2D eigenvalue weighted by Crippen LogP contribution is -2.07. The van der Waals surface area contributed by atoms with Gasteiger partial charge in [0.2, 0.25) is 0 Å². The summed E-state index contributed by atoms with van der Waals surface area (Å²) in [6.45, 7) is 1.78. The van der Waals surface area contributed by atoms with Gasteiger partial charge in [-0.1, -0.05) is 31.0 Å². The fraction of sp³-hybridized carbons (Fsp3) is 0.250. The molecule has 0 spiro atoms. The van der Waals surface area contributed by atoms with Crippen LogP contribution < -0.4 is 4.74 Å². The van der Waals surface area contributed by atoms with E-state index < -0.39 is 12.1 Å². The molecule has 3 nitrogen and oxygen atoms in total. The Labute approximate surface area is 88.7 Å². The number of ether oxygens (including phenoxy) is 1. The molecule has 3 heteroatoms. The Bertz CT molecular complexity index is 373. The number of rotatable bonds is 2. The molecule has 0 heterocycles. The van der Waals surface area contributed by atoms with E-state index in [-0.39, 0.29) is 0 Å². The van der Waals surface area contributed by atoms with Gasteiger partial charge < -0.3 is 9.84 Å². The second-order valence-corrected chi connectivity index (χ2v) is 2.90. The summed E-state index contributed by atoms with van der Waals surface area (Å²) in [5.41, 5.74) is 0. The van der Waals surface area contributed by atoms with Gasteiger partial charge in [-0.05, 0) is 18.6 Å². The first-order valence-electron chi connectivity index (χ1n) is 4.69. The summed E-state index contributed by atoms with van der Waals surface area (Å²) in [6.07, 6.45) is -0.278. The van der Waals surface area contributed by atoms with Gasteiger partial charge in [0.15, 0.2) is 0 Å². The van der Waals surface area contributed by atoms with Crippen LogP contribution in [0, 0.1) is 11.8 Å². The molecule has 0 aromatic heterocycles. The molecule has 0 aliphatic heterocycles. The topological polar surface area (TPSA) is 46.5 Å². The molecule has 1 rings (SSSR count). The Hall–Kier alpha value is -1.79. The van der Waals surface area contributed by atoms with Crippen molar-refractivity contribution in [2.24, 2.45) is 0 Å². The predicted octanol–water partition coefficient (Wildman–Crippen LogP) is 1.37. The van der Waals surface area contributed by atoms with Gasteiger partial charge in [0, 0.05) is 5.92 Å². The molecule has 1 aromatic rings. The Balaban J connectivity index is 2.53. The normalized spacial score (nSPS) is 11.1. The number of carbonyl (C=O) groups is 1. The molecular weight excluding hydrogens is 192 g/mol. The largest absolute Gasteiger partial charge is 0.417 e. The van der Waals surface area contributed by atoms with Gasteiger partial charge in [-0.25, -0.2) is 4.79 Å². The third kappa shape index (κ3) is 4.30. The van der Waals surface area contributed by atoms with Crippen molar-refractivity contribution in [2.75, 3.05) is 0 Å². The summed E-state index contributed by atoms with van der Waals surface area (Å²) in [5.74, 6) is 4.39. The van der Waals surface area contributed by atoms with Crippen LogP contribution in [0.15, 0.2) is 30.3 Å². The van der Waals surface area contributed by atoms with Gasteiger partial charge in [0.1, 0.15) is 11.9 Å². The van der Waals surface area contributed by atoms with Crippen LogP contribution in [0.25, 0.3) is 0 Å². The van der Waals surface area contributed by atoms with Crippen molar-refractivity contribution in [3.63, 3.8) is 0 Å². The number of esters is 1. The van der Waals surface area contributed by atoms with Crippen molar-refractivity contribution in [3.05, 3.63) is 30.3 Å². The second kappa shape index (κ2) is 5.84. The molecule has 0 fully saturated rings. The van der Waals surface area contributed by atoms with Gasteiger partial charge in [0.05, 0.1) is 0 Å². The number of para-hydroxylation sites is 1. The van der Waals surface area contributed by atoms with E-state index in [4.69, 9.17) is 9.84 Å². The van der Waals surface area contributed by atoms with Crippen LogP contribution in [0.5, 0.6) is 5.75 Å². The maximum absolute atomic E-state index is 11.1. The fourth-order valence-corrected chi connectivity index (χ4v) is 0.865. The van der Waals surface area contributed by atoms with Crippen LogP contribution in [-0.2, 0) is 4.79 Å². The van der Waals surface area contributed by atoms with Gasteiger partial charge in [-0.3, -0.25) is 0 Å². The summed E-state index contributed by atoms with van der Waals surface area (Å²) in [5, 5.41) is 9.09. The Kier molecular flexibility index (Phi) is 4.39. The highest BCUT2D eigenvalue weighted by Crippen LogP contribution is 2.07. The third-order valence-electron chi connectivity index (χ3n) is 1.68. The van der Waals surface area contributed by atoms with Crippen LogP contribution >= 0.6 is 0 Å². The predicted molar refractivity (Wildman–Crippen MR) is 56.2 cm³/mol. The van der Waals surface area contributed by atoms with Crippen molar-refractivity contribution >= 4 is 5.97 Å². The second-order valence-electron chi connectivity index (χ2n) is 2.90. The van der Waals surface area contributed by atoms with Crippen LogP contribution in [0.3, 0.4) is 0 Å². The molecule has 0 saturated carbocycles. The number of hydrogen-bond donors (Lipinski definition) is 1. The highest BCUT2D eigenvalue weighted by atomic mass is 16.5. The molecule has 78 valence electrons. The molecule has 0 saturated heterocycles. The zero-order valence-corrected chi connectivity index (χ0v) is 8.43. The highest BCUT2D eigenvalue weighted by Gasteiger charge is 2.00. The summed E-state index contributed by atoms with van der Waals surface area (Å²) >= 11 is 0. The molecule has 0 amide bonds. The smallest absolute Gasteiger partial charge is 0.389 e. The van der Waals surface area contributed by atoms with Gasteiger partial charge in [-0.2, -0.15) is 0 Å². The van der Waals surface area contributed by atoms with Crippen molar-refractivity contribution in [1.29, 1.82) is 0 Å². The summed E-state index contributed by atoms with van der Waals surface area (Å²) in [4.78, 5) is 11.1. The van der Waals surface area contributed by atoms with Gasteiger partial charge in [0.25, 0.3) is 0 Å². The van der Waals surface area contributed by atoms with Crippen molar-refractivity contribution in [3.8, 4) is 17.6 Å². The Morgan fingerprint density at radius 3 is 2.73 bits per heavy atom. The Morgan fingerprint density at radius 1 is 1.47 bits per heavy atom. The average Bonchev–Trinajstić information content (AvgIpc) is 2.27. The molecular formula is C12H12O3. The van der Waals surface area contributed by atoms with E-state index in [2.05, 4.69) is 11.8 Å². The minimum Gasteiger partial charge on any atom is -0.417 e. The van der Waals surface area contributed by atoms with E-state index in [0.717, 1.165) is 0 Å². The van der Waals surface area contributed by atoms with Crippen molar-refractivity contribution in [1.82, 2.24) is 0 Å². The third-order valence-corrected chi connectivity index (χ3v) is 1.68.